The molecule has 0 unspecified atom stereocenters. The molecule has 148 valence electrons. The number of rotatable bonds is 2. The first-order valence-electron chi connectivity index (χ1n) is 9.70. The number of aryl methyl sites for hydroxylation is 1. The molecule has 2 aliphatic rings. The van der Waals surface area contributed by atoms with Gasteiger partial charge < -0.3 is 4.57 Å². The Morgan fingerprint density at radius 1 is 1.07 bits per heavy atom. The smallest absolute Gasteiger partial charge is 0.283 e. The average Bonchev–Trinajstić information content (AvgIpc) is 3.23. The van der Waals surface area contributed by atoms with Crippen LogP contribution in [-0.2, 0) is 4.79 Å². The van der Waals surface area contributed by atoms with E-state index >= 15 is 0 Å². The van der Waals surface area contributed by atoms with Crippen LogP contribution in [0.25, 0.3) is 22.5 Å². The largest absolute Gasteiger partial charge is 0.317 e. The number of aliphatic imine (C=N–C) groups is 1. The molecule has 1 N–H and O–H groups in total. The lowest BCUT2D eigenvalue weighted by Gasteiger charge is -2.25. The molecule has 0 aliphatic carbocycles. The van der Waals surface area contributed by atoms with Gasteiger partial charge in [0, 0.05) is 22.5 Å². The van der Waals surface area contributed by atoms with Crippen molar-refractivity contribution in [1.82, 2.24) is 9.47 Å². The normalized spacial score (nSPS) is 17.6. The summed E-state index contributed by atoms with van der Waals surface area (Å²) >= 11 is 1.38. The third kappa shape index (κ3) is 2.75. The highest BCUT2D eigenvalue weighted by Crippen LogP contribution is 2.33. The second-order valence-electron chi connectivity index (χ2n) is 7.48. The van der Waals surface area contributed by atoms with Crippen LogP contribution in [0, 0.1) is 19.3 Å². The van der Waals surface area contributed by atoms with Crippen molar-refractivity contribution in [3.05, 3.63) is 82.2 Å². The lowest BCUT2D eigenvalue weighted by Crippen LogP contribution is -2.37. The molecule has 2 aliphatic heterocycles. The second-order valence-corrected chi connectivity index (χ2v) is 8.32. The summed E-state index contributed by atoms with van der Waals surface area (Å²) in [5.74, 6) is -0.185. The van der Waals surface area contributed by atoms with Gasteiger partial charge in [0.15, 0.2) is 5.17 Å². The molecule has 0 bridgehead atoms. The Balaban J connectivity index is 1.64. The standard InChI is InChI=1S/C24H20N4OS/c1-14-11-18(12-20-22(25)28-15(2)13-30-24(28)26-23(20)29)16(3)27(14)21-10-6-8-17-7-4-5-9-19(17)21/h4-13,25H,1-3H3/b20-12-,25-22?. The number of benzene rings is 2. The van der Waals surface area contributed by atoms with Crippen molar-refractivity contribution in [1.29, 1.82) is 5.41 Å². The summed E-state index contributed by atoms with van der Waals surface area (Å²) < 4.78 is 2.21. The lowest BCUT2D eigenvalue weighted by atomic mass is 10.1. The number of carbonyl (C=O) groups is 1. The molecule has 1 aromatic heterocycles. The fraction of sp³-hybridized carbons (Fsp3) is 0.125. The second kappa shape index (κ2) is 6.85. The predicted octanol–water partition coefficient (Wildman–Crippen LogP) is 5.41. The van der Waals surface area contributed by atoms with Crippen LogP contribution in [0.2, 0.25) is 0 Å². The molecular formula is C24H20N4OS. The number of carbonyl (C=O) groups excluding carboxylic acids is 1. The Kier molecular flexibility index (Phi) is 4.25. The van der Waals surface area contributed by atoms with E-state index < -0.39 is 0 Å². The molecule has 3 aromatic rings. The minimum Gasteiger partial charge on any atom is -0.317 e. The minimum atomic E-state index is -0.364. The number of amidine groups is 2. The van der Waals surface area contributed by atoms with Gasteiger partial charge in [0.05, 0.1) is 11.3 Å². The van der Waals surface area contributed by atoms with Crippen LogP contribution in [0.4, 0.5) is 0 Å². The maximum Gasteiger partial charge on any atom is 0.283 e. The van der Waals surface area contributed by atoms with Gasteiger partial charge in [-0.1, -0.05) is 48.2 Å². The Morgan fingerprint density at radius 2 is 1.83 bits per heavy atom. The van der Waals surface area contributed by atoms with Gasteiger partial charge in [0.1, 0.15) is 5.84 Å². The van der Waals surface area contributed by atoms with E-state index in [0.717, 1.165) is 28.3 Å². The zero-order chi connectivity index (χ0) is 21.0. The molecule has 3 heterocycles. The number of fused-ring (bicyclic) bond motifs is 2. The lowest BCUT2D eigenvalue weighted by molar-refractivity contribution is -0.114. The molecule has 0 spiro atoms. The molecular weight excluding hydrogens is 392 g/mol. The van der Waals surface area contributed by atoms with Gasteiger partial charge in [-0.3, -0.25) is 15.1 Å². The third-order valence-corrected chi connectivity index (χ3v) is 6.51. The van der Waals surface area contributed by atoms with Crippen molar-refractivity contribution in [3.8, 4) is 5.69 Å². The van der Waals surface area contributed by atoms with Crippen molar-refractivity contribution >= 4 is 45.5 Å². The van der Waals surface area contributed by atoms with Crippen LogP contribution in [-0.4, -0.2) is 26.4 Å². The molecule has 0 saturated heterocycles. The summed E-state index contributed by atoms with van der Waals surface area (Å²) in [6, 6.07) is 16.7. The van der Waals surface area contributed by atoms with Gasteiger partial charge in [-0.15, -0.1) is 0 Å². The van der Waals surface area contributed by atoms with Crippen LogP contribution >= 0.6 is 11.8 Å². The first-order valence-corrected chi connectivity index (χ1v) is 10.6. The number of nitrogens with one attached hydrogen (secondary N) is 1. The van der Waals surface area contributed by atoms with E-state index in [4.69, 9.17) is 5.41 Å². The minimum absolute atomic E-state index is 0.179. The highest BCUT2D eigenvalue weighted by molar-refractivity contribution is 8.16. The highest BCUT2D eigenvalue weighted by Gasteiger charge is 2.34. The molecule has 0 fully saturated rings. The molecule has 30 heavy (non-hydrogen) atoms. The van der Waals surface area contributed by atoms with Crippen molar-refractivity contribution in [2.45, 2.75) is 20.8 Å². The van der Waals surface area contributed by atoms with Crippen LogP contribution < -0.4 is 0 Å². The number of nitrogens with zero attached hydrogens (tertiary/aromatic N) is 3. The van der Waals surface area contributed by atoms with E-state index in [0.29, 0.717) is 10.7 Å². The molecule has 2 aromatic carbocycles. The molecule has 1 amide bonds. The van der Waals surface area contributed by atoms with E-state index in [2.05, 4.69) is 52.9 Å². The van der Waals surface area contributed by atoms with Crippen molar-refractivity contribution in [2.75, 3.05) is 0 Å². The summed E-state index contributed by atoms with van der Waals surface area (Å²) in [5.41, 5.74) is 5.33. The summed E-state index contributed by atoms with van der Waals surface area (Å²) in [7, 11) is 0. The molecule has 0 radical (unpaired) electrons. The van der Waals surface area contributed by atoms with Gasteiger partial charge >= 0.3 is 0 Å². The van der Waals surface area contributed by atoms with Gasteiger partial charge in [0.25, 0.3) is 5.91 Å². The van der Waals surface area contributed by atoms with Crippen molar-refractivity contribution < 1.29 is 4.79 Å². The first kappa shape index (κ1) is 18.6. The number of amides is 1. The molecule has 5 rings (SSSR count). The van der Waals surface area contributed by atoms with E-state index in [9.17, 15) is 4.79 Å². The Morgan fingerprint density at radius 3 is 2.67 bits per heavy atom. The highest BCUT2D eigenvalue weighted by atomic mass is 32.2. The van der Waals surface area contributed by atoms with Crippen molar-refractivity contribution in [2.24, 2.45) is 4.99 Å². The molecule has 0 atom stereocenters. The number of hydrogen-bond donors (Lipinski definition) is 1. The number of aromatic nitrogens is 1. The van der Waals surface area contributed by atoms with Gasteiger partial charge in [0.2, 0.25) is 0 Å². The predicted molar refractivity (Wildman–Crippen MR) is 124 cm³/mol. The van der Waals surface area contributed by atoms with Crippen molar-refractivity contribution in [3.63, 3.8) is 0 Å². The van der Waals surface area contributed by atoms with E-state index in [1.165, 1.54) is 22.5 Å². The van der Waals surface area contributed by atoms with Crippen LogP contribution in [0.5, 0.6) is 0 Å². The summed E-state index contributed by atoms with van der Waals surface area (Å²) in [6.45, 7) is 6.03. The monoisotopic (exact) mass is 412 g/mol. The van der Waals surface area contributed by atoms with Crippen LogP contribution in [0.1, 0.15) is 23.9 Å². The first-order chi connectivity index (χ1) is 14.5. The summed E-state index contributed by atoms with van der Waals surface area (Å²) in [6.07, 6.45) is 1.80. The SMILES string of the molecule is CC1=CSC2=NC(=O)/C(=C\c3cc(C)n(-c4cccc5ccccc45)c3C)C(=N)N12. The van der Waals surface area contributed by atoms with Crippen LogP contribution in [0.3, 0.4) is 0 Å². The fourth-order valence-corrected chi connectivity index (χ4v) is 4.96. The molecule has 6 heteroatoms. The maximum absolute atomic E-state index is 12.6. The van der Waals surface area contributed by atoms with Gasteiger partial charge in [-0.25, -0.2) is 0 Å². The third-order valence-electron chi connectivity index (χ3n) is 5.56. The average molecular weight is 413 g/mol. The zero-order valence-electron chi connectivity index (χ0n) is 16.9. The topological polar surface area (TPSA) is 61.5 Å². The fourth-order valence-electron chi connectivity index (χ4n) is 4.10. The Bertz CT molecular complexity index is 1340. The Labute approximate surface area is 178 Å². The van der Waals surface area contributed by atoms with Gasteiger partial charge in [-0.2, -0.15) is 4.99 Å². The Hall–Kier alpha value is -3.38. The van der Waals surface area contributed by atoms with Crippen LogP contribution in [0.15, 0.2) is 70.2 Å². The van der Waals surface area contributed by atoms with E-state index in [-0.39, 0.29) is 11.7 Å². The van der Waals surface area contributed by atoms with Gasteiger partial charge in [-0.05, 0) is 55.3 Å². The number of allylic oxidation sites excluding steroid dienone is 1. The summed E-state index contributed by atoms with van der Waals surface area (Å²) in [4.78, 5) is 18.5. The van der Waals surface area contributed by atoms with E-state index in [1.54, 1.807) is 11.0 Å². The number of thioether (sulfide) groups is 1. The quantitative estimate of drug-likeness (QED) is 0.572. The molecule has 5 nitrogen and oxygen atoms in total. The summed E-state index contributed by atoms with van der Waals surface area (Å²) in [5, 5.41) is 13.4. The molecule has 0 saturated carbocycles. The number of hydrogen-bond acceptors (Lipinski definition) is 3. The maximum atomic E-state index is 12.6. The van der Waals surface area contributed by atoms with E-state index in [1.807, 2.05) is 31.4 Å². The zero-order valence-corrected chi connectivity index (χ0v) is 17.7.